The van der Waals surface area contributed by atoms with Crippen LogP contribution in [0.25, 0.3) is 0 Å². The average Bonchev–Trinajstić information content (AvgIpc) is 2.61. The van der Waals surface area contributed by atoms with Gasteiger partial charge in [0.05, 0.1) is 24.3 Å². The number of carbonyl (C=O) groups excluding carboxylic acids is 2. The molecule has 0 heterocycles. The second-order valence-electron chi connectivity index (χ2n) is 5.12. The lowest BCUT2D eigenvalue weighted by Gasteiger charge is -2.14. The number of hydrogen-bond donors (Lipinski definition) is 1. The first-order chi connectivity index (χ1) is 11.9. The highest BCUT2D eigenvalue weighted by Gasteiger charge is 2.20. The number of methoxy groups -OCH3 is 2. The molecule has 2 rings (SSSR count). The standard InChI is InChI=1S/C18H18BrNO5/c1-11(17(21)20-13-5-4-6-14(10-13)23-2)25-18(22)12-7-8-16(24-3)15(19)9-12/h4-11H,1-3H3,(H,20,21)/t11-/m0/s1. The van der Waals surface area contributed by atoms with Gasteiger partial charge in [0.25, 0.3) is 5.91 Å². The molecule has 25 heavy (non-hydrogen) atoms. The smallest absolute Gasteiger partial charge is 0.338 e. The molecule has 0 radical (unpaired) electrons. The SMILES string of the molecule is COc1cccc(NC(=O)[C@H](C)OC(=O)c2ccc(OC)c(Br)c2)c1. The zero-order chi connectivity index (χ0) is 18.4. The molecule has 0 fully saturated rings. The van der Waals surface area contributed by atoms with E-state index in [1.807, 2.05) is 0 Å². The molecular weight excluding hydrogens is 390 g/mol. The number of ether oxygens (including phenoxy) is 3. The van der Waals surface area contributed by atoms with Gasteiger partial charge in [0.2, 0.25) is 0 Å². The van der Waals surface area contributed by atoms with Crippen molar-refractivity contribution in [1.29, 1.82) is 0 Å². The van der Waals surface area contributed by atoms with Crippen molar-refractivity contribution in [2.45, 2.75) is 13.0 Å². The van der Waals surface area contributed by atoms with Crippen LogP contribution in [0.5, 0.6) is 11.5 Å². The Bertz CT molecular complexity index is 778. The van der Waals surface area contributed by atoms with Crippen molar-refractivity contribution in [2.24, 2.45) is 0 Å². The zero-order valence-corrected chi connectivity index (χ0v) is 15.6. The minimum absolute atomic E-state index is 0.314. The third-order valence-corrected chi connectivity index (χ3v) is 4.00. The Morgan fingerprint density at radius 2 is 1.84 bits per heavy atom. The molecule has 0 aromatic heterocycles. The Kier molecular flexibility index (Phi) is 6.41. The fraction of sp³-hybridized carbons (Fsp3) is 0.222. The lowest BCUT2D eigenvalue weighted by Crippen LogP contribution is -2.30. The Morgan fingerprint density at radius 3 is 2.48 bits per heavy atom. The number of amides is 1. The van der Waals surface area contributed by atoms with Crippen molar-refractivity contribution < 1.29 is 23.8 Å². The van der Waals surface area contributed by atoms with Gasteiger partial charge in [-0.25, -0.2) is 4.79 Å². The number of rotatable bonds is 6. The number of hydrogen-bond acceptors (Lipinski definition) is 5. The van der Waals surface area contributed by atoms with E-state index in [1.165, 1.54) is 14.0 Å². The van der Waals surface area contributed by atoms with Gasteiger partial charge in [-0.05, 0) is 53.2 Å². The number of halogens is 1. The van der Waals surface area contributed by atoms with Gasteiger partial charge in [-0.15, -0.1) is 0 Å². The Labute approximate surface area is 154 Å². The van der Waals surface area contributed by atoms with Gasteiger partial charge in [-0.3, -0.25) is 4.79 Å². The molecule has 0 unspecified atom stereocenters. The summed E-state index contributed by atoms with van der Waals surface area (Å²) < 4.78 is 16.0. The van der Waals surface area contributed by atoms with Gasteiger partial charge < -0.3 is 19.5 Å². The molecule has 0 aliphatic rings. The van der Waals surface area contributed by atoms with Gasteiger partial charge in [-0.2, -0.15) is 0 Å². The molecule has 0 saturated carbocycles. The summed E-state index contributed by atoms with van der Waals surface area (Å²) in [5, 5.41) is 2.68. The Morgan fingerprint density at radius 1 is 1.08 bits per heavy atom. The van der Waals surface area contributed by atoms with E-state index >= 15 is 0 Å². The fourth-order valence-electron chi connectivity index (χ4n) is 2.02. The molecule has 0 aliphatic carbocycles. The van der Waals surface area contributed by atoms with E-state index in [0.717, 1.165) is 0 Å². The Balaban J connectivity index is 2.00. The molecule has 0 saturated heterocycles. The normalized spacial score (nSPS) is 11.4. The molecule has 132 valence electrons. The lowest BCUT2D eigenvalue weighted by atomic mass is 10.2. The van der Waals surface area contributed by atoms with Crippen LogP contribution in [0.4, 0.5) is 5.69 Å². The summed E-state index contributed by atoms with van der Waals surface area (Å²) in [5.41, 5.74) is 0.869. The van der Waals surface area contributed by atoms with Gasteiger partial charge in [0.15, 0.2) is 6.10 Å². The van der Waals surface area contributed by atoms with Gasteiger partial charge in [0.1, 0.15) is 11.5 Å². The van der Waals surface area contributed by atoms with Crippen LogP contribution < -0.4 is 14.8 Å². The van der Waals surface area contributed by atoms with Crippen LogP contribution in [-0.4, -0.2) is 32.2 Å². The first-order valence-corrected chi connectivity index (χ1v) is 8.23. The van der Waals surface area contributed by atoms with Crippen molar-refractivity contribution in [3.05, 3.63) is 52.5 Å². The number of benzene rings is 2. The van der Waals surface area contributed by atoms with Crippen molar-refractivity contribution in [3.8, 4) is 11.5 Å². The monoisotopic (exact) mass is 407 g/mol. The summed E-state index contributed by atoms with van der Waals surface area (Å²) in [6.07, 6.45) is -0.959. The van der Waals surface area contributed by atoms with E-state index < -0.39 is 18.0 Å². The summed E-state index contributed by atoms with van der Waals surface area (Å²) >= 11 is 3.30. The maximum Gasteiger partial charge on any atom is 0.338 e. The van der Waals surface area contributed by atoms with Crippen LogP contribution in [0.1, 0.15) is 17.3 Å². The van der Waals surface area contributed by atoms with E-state index in [2.05, 4.69) is 21.2 Å². The maximum absolute atomic E-state index is 12.2. The largest absolute Gasteiger partial charge is 0.497 e. The second kappa shape index (κ2) is 8.53. The van der Waals surface area contributed by atoms with Crippen LogP contribution in [-0.2, 0) is 9.53 Å². The van der Waals surface area contributed by atoms with Crippen molar-refractivity contribution in [1.82, 2.24) is 0 Å². The third kappa shape index (κ3) is 4.96. The first-order valence-electron chi connectivity index (χ1n) is 7.44. The molecule has 7 heteroatoms. The summed E-state index contributed by atoms with van der Waals surface area (Å²) in [6.45, 7) is 1.51. The maximum atomic E-state index is 12.2. The summed E-state index contributed by atoms with van der Waals surface area (Å²) in [4.78, 5) is 24.4. The van der Waals surface area contributed by atoms with Crippen molar-refractivity contribution in [3.63, 3.8) is 0 Å². The summed E-state index contributed by atoms with van der Waals surface area (Å²) in [7, 11) is 3.07. The molecule has 0 aliphatic heterocycles. The summed E-state index contributed by atoms with van der Waals surface area (Å²) in [6, 6.07) is 11.7. The molecule has 0 spiro atoms. The van der Waals surface area contributed by atoms with Crippen LogP contribution in [0.15, 0.2) is 46.9 Å². The van der Waals surface area contributed by atoms with Gasteiger partial charge >= 0.3 is 5.97 Å². The quantitative estimate of drug-likeness (QED) is 0.739. The second-order valence-corrected chi connectivity index (χ2v) is 5.97. The summed E-state index contributed by atoms with van der Waals surface area (Å²) in [5.74, 6) is 0.178. The molecule has 2 aromatic carbocycles. The molecule has 1 amide bonds. The van der Waals surface area contributed by atoms with E-state index in [9.17, 15) is 9.59 Å². The number of esters is 1. The van der Waals surface area contributed by atoms with Crippen LogP contribution >= 0.6 is 15.9 Å². The van der Waals surface area contributed by atoms with E-state index in [4.69, 9.17) is 14.2 Å². The predicted octanol–water partition coefficient (Wildman–Crippen LogP) is 3.65. The highest BCUT2D eigenvalue weighted by atomic mass is 79.9. The van der Waals surface area contributed by atoms with Crippen molar-refractivity contribution >= 4 is 33.5 Å². The van der Waals surface area contributed by atoms with Crippen LogP contribution in [0, 0.1) is 0 Å². The predicted molar refractivity (Wildman–Crippen MR) is 97.2 cm³/mol. The molecular formula is C18H18BrNO5. The average molecular weight is 408 g/mol. The highest BCUT2D eigenvalue weighted by molar-refractivity contribution is 9.10. The number of nitrogens with one attached hydrogen (secondary N) is 1. The lowest BCUT2D eigenvalue weighted by molar-refractivity contribution is -0.123. The minimum Gasteiger partial charge on any atom is -0.497 e. The topological polar surface area (TPSA) is 73.9 Å². The minimum atomic E-state index is -0.959. The van der Waals surface area contributed by atoms with E-state index in [0.29, 0.717) is 27.2 Å². The number of carbonyl (C=O) groups is 2. The van der Waals surface area contributed by atoms with Gasteiger partial charge in [0, 0.05) is 11.8 Å². The van der Waals surface area contributed by atoms with Crippen LogP contribution in [0.2, 0.25) is 0 Å². The Hall–Kier alpha value is -2.54. The molecule has 1 N–H and O–H groups in total. The fourth-order valence-corrected chi connectivity index (χ4v) is 2.56. The van der Waals surface area contributed by atoms with Crippen LogP contribution in [0.3, 0.4) is 0 Å². The van der Waals surface area contributed by atoms with Crippen molar-refractivity contribution in [2.75, 3.05) is 19.5 Å². The molecule has 2 aromatic rings. The van der Waals surface area contributed by atoms with E-state index in [1.54, 1.807) is 49.6 Å². The number of anilines is 1. The van der Waals surface area contributed by atoms with E-state index in [-0.39, 0.29) is 0 Å². The highest BCUT2D eigenvalue weighted by Crippen LogP contribution is 2.26. The molecule has 0 bridgehead atoms. The first kappa shape index (κ1) is 18.8. The third-order valence-electron chi connectivity index (χ3n) is 3.38. The van der Waals surface area contributed by atoms with Gasteiger partial charge in [-0.1, -0.05) is 6.07 Å². The zero-order valence-electron chi connectivity index (χ0n) is 14.0. The molecule has 6 nitrogen and oxygen atoms in total. The molecule has 1 atom stereocenters.